The van der Waals surface area contributed by atoms with Crippen LogP contribution in [0, 0.1) is 0 Å². The highest BCUT2D eigenvalue weighted by Gasteiger charge is 2.27. The van der Waals surface area contributed by atoms with Gasteiger partial charge in [0.2, 0.25) is 0 Å². The first-order valence-electron chi connectivity index (χ1n) is 11.6. The van der Waals surface area contributed by atoms with Crippen LogP contribution in [0.4, 0.5) is 13.2 Å². The number of piperidine rings is 1. The van der Waals surface area contributed by atoms with Gasteiger partial charge in [0.15, 0.2) is 0 Å². The molecule has 0 radical (unpaired) electrons. The topological polar surface area (TPSA) is 77.1 Å². The number of fused-ring (bicyclic) bond motifs is 1. The summed E-state index contributed by atoms with van der Waals surface area (Å²) < 4.78 is 41.2. The Labute approximate surface area is 200 Å². The molecule has 4 aromatic heterocycles. The quantitative estimate of drug-likeness (QED) is 0.415. The number of carbonyl (C=O) groups excluding carboxylic acids is 1. The largest absolute Gasteiger partial charge is 0.389 e. The molecule has 1 saturated heterocycles. The van der Waals surface area contributed by atoms with Gasteiger partial charge in [-0.25, -0.2) is 4.98 Å². The van der Waals surface area contributed by atoms with E-state index in [0.29, 0.717) is 11.6 Å². The zero-order valence-corrected chi connectivity index (χ0v) is 19.0. The van der Waals surface area contributed by atoms with E-state index >= 15 is 0 Å². The van der Waals surface area contributed by atoms with Gasteiger partial charge in [-0.15, -0.1) is 0 Å². The van der Waals surface area contributed by atoms with Crippen LogP contribution in [0.15, 0.2) is 55.4 Å². The van der Waals surface area contributed by atoms with Crippen molar-refractivity contribution in [2.45, 2.75) is 44.3 Å². The van der Waals surface area contributed by atoms with Crippen LogP contribution in [0.1, 0.15) is 37.3 Å². The summed E-state index contributed by atoms with van der Waals surface area (Å²) in [5.41, 5.74) is 4.89. The summed E-state index contributed by atoms with van der Waals surface area (Å²) in [4.78, 5) is 20.7. The molecular weight excluding hydrogens is 457 g/mol. The highest BCUT2D eigenvalue weighted by atomic mass is 19.4. The molecule has 1 aliphatic heterocycles. The van der Waals surface area contributed by atoms with Crippen LogP contribution < -0.4 is 5.32 Å². The third-order valence-electron chi connectivity index (χ3n) is 6.31. The maximum Gasteiger partial charge on any atom is 0.389 e. The van der Waals surface area contributed by atoms with E-state index in [1.165, 1.54) is 6.20 Å². The number of carbonyl (C=O) groups is 1. The van der Waals surface area contributed by atoms with Crippen LogP contribution in [0.5, 0.6) is 0 Å². The molecule has 1 aliphatic rings. The minimum Gasteiger partial charge on any atom is -0.317 e. The van der Waals surface area contributed by atoms with Crippen LogP contribution in [0.2, 0.25) is 0 Å². The normalized spacial score (nSPS) is 15.1. The number of hydrogen-bond acceptors (Lipinski definition) is 5. The zero-order chi connectivity index (χ0) is 24.4. The summed E-state index contributed by atoms with van der Waals surface area (Å²) in [6.45, 7) is 2.00. The van der Waals surface area contributed by atoms with E-state index in [1.54, 1.807) is 18.5 Å². The SMILES string of the molecule is O=C(CCC(F)(F)F)Cc1cncc(-c2cnc3cc(-c4cnn(C5CCNCC5)c4)ccn23)c1. The predicted molar refractivity (Wildman–Crippen MR) is 125 cm³/mol. The Bertz CT molecular complexity index is 1340. The third kappa shape index (κ3) is 5.43. The van der Waals surface area contributed by atoms with Crippen molar-refractivity contribution in [1.82, 2.24) is 29.5 Å². The fraction of sp³-hybridized carbons (Fsp3) is 0.360. The molecular formula is C25H25F3N6O. The van der Waals surface area contributed by atoms with Crippen molar-refractivity contribution in [3.8, 4) is 22.4 Å². The molecule has 5 rings (SSSR count). The summed E-state index contributed by atoms with van der Waals surface area (Å²) in [6, 6.07) is 6.18. The summed E-state index contributed by atoms with van der Waals surface area (Å²) in [6.07, 6.45) is 6.84. The maximum atomic E-state index is 12.4. The molecule has 0 bridgehead atoms. The Kier molecular flexibility index (Phi) is 6.38. The molecule has 10 heteroatoms. The molecule has 4 aromatic rings. The zero-order valence-electron chi connectivity index (χ0n) is 19.0. The van der Waals surface area contributed by atoms with Gasteiger partial charge in [-0.2, -0.15) is 18.3 Å². The smallest absolute Gasteiger partial charge is 0.317 e. The summed E-state index contributed by atoms with van der Waals surface area (Å²) in [5, 5.41) is 7.94. The number of hydrogen-bond donors (Lipinski definition) is 1. The molecule has 1 N–H and O–H groups in total. The van der Waals surface area contributed by atoms with E-state index in [4.69, 9.17) is 0 Å². The standard InChI is InChI=1S/C25H25F3N6O/c26-25(27,28)5-1-22(35)10-17-9-19(13-30-12-17)23-15-31-24-11-18(4-8-33(23)24)20-14-32-34(16-20)21-2-6-29-7-3-21/h4,8-9,11-16,21,29H,1-3,5-7,10H2. The number of Topliss-reactive ketones (excluding diaryl/α,β-unsaturated/α-hetero) is 1. The second-order valence-electron chi connectivity index (χ2n) is 8.89. The van der Waals surface area contributed by atoms with Crippen molar-refractivity contribution < 1.29 is 18.0 Å². The molecule has 0 unspecified atom stereocenters. The first-order valence-corrected chi connectivity index (χ1v) is 11.6. The molecule has 0 aromatic carbocycles. The molecule has 35 heavy (non-hydrogen) atoms. The first kappa shape index (κ1) is 23.2. The van der Waals surface area contributed by atoms with Crippen molar-refractivity contribution in [1.29, 1.82) is 0 Å². The van der Waals surface area contributed by atoms with E-state index in [0.717, 1.165) is 54.0 Å². The molecule has 0 saturated carbocycles. The lowest BCUT2D eigenvalue weighted by atomic mass is 10.0. The van der Waals surface area contributed by atoms with Gasteiger partial charge < -0.3 is 5.32 Å². The van der Waals surface area contributed by atoms with Crippen molar-refractivity contribution >= 4 is 11.4 Å². The van der Waals surface area contributed by atoms with Crippen LogP contribution in [0.25, 0.3) is 28.0 Å². The number of alkyl halides is 3. The van der Waals surface area contributed by atoms with Gasteiger partial charge in [-0.3, -0.25) is 18.9 Å². The second-order valence-corrected chi connectivity index (χ2v) is 8.89. The van der Waals surface area contributed by atoms with Crippen LogP contribution in [0.3, 0.4) is 0 Å². The van der Waals surface area contributed by atoms with Gasteiger partial charge in [0, 0.05) is 48.8 Å². The molecule has 0 amide bonds. The Morgan fingerprint density at radius 2 is 1.89 bits per heavy atom. The maximum absolute atomic E-state index is 12.4. The monoisotopic (exact) mass is 482 g/mol. The summed E-state index contributed by atoms with van der Waals surface area (Å²) in [5.74, 6) is -0.464. The number of halogens is 3. The van der Waals surface area contributed by atoms with Gasteiger partial charge in [-0.05, 0) is 55.3 Å². The summed E-state index contributed by atoms with van der Waals surface area (Å²) in [7, 11) is 0. The van der Waals surface area contributed by atoms with Gasteiger partial charge in [0.1, 0.15) is 11.4 Å². The van der Waals surface area contributed by atoms with Gasteiger partial charge in [-0.1, -0.05) is 0 Å². The van der Waals surface area contributed by atoms with E-state index in [-0.39, 0.29) is 6.42 Å². The number of imidazole rings is 1. The van der Waals surface area contributed by atoms with Crippen molar-refractivity contribution in [2.75, 3.05) is 13.1 Å². The van der Waals surface area contributed by atoms with E-state index in [9.17, 15) is 18.0 Å². The Morgan fingerprint density at radius 3 is 2.69 bits per heavy atom. The lowest BCUT2D eigenvalue weighted by Crippen LogP contribution is -2.29. The van der Waals surface area contributed by atoms with Crippen molar-refractivity contribution in [2.24, 2.45) is 0 Å². The average Bonchev–Trinajstić information content (AvgIpc) is 3.50. The van der Waals surface area contributed by atoms with Crippen molar-refractivity contribution in [3.05, 3.63) is 60.9 Å². The van der Waals surface area contributed by atoms with Gasteiger partial charge >= 0.3 is 6.18 Å². The third-order valence-corrected chi connectivity index (χ3v) is 6.31. The molecule has 182 valence electrons. The van der Waals surface area contributed by atoms with Crippen LogP contribution >= 0.6 is 0 Å². The van der Waals surface area contributed by atoms with E-state index in [2.05, 4.69) is 26.6 Å². The Balaban J connectivity index is 1.34. The van der Waals surface area contributed by atoms with E-state index < -0.39 is 24.8 Å². The van der Waals surface area contributed by atoms with Gasteiger partial charge in [0.05, 0.1) is 30.6 Å². The predicted octanol–water partition coefficient (Wildman–Crippen LogP) is 4.64. The average molecular weight is 483 g/mol. The minimum absolute atomic E-state index is 0.0845. The number of ketones is 1. The van der Waals surface area contributed by atoms with Crippen LogP contribution in [-0.2, 0) is 11.2 Å². The van der Waals surface area contributed by atoms with Gasteiger partial charge in [0.25, 0.3) is 0 Å². The van der Waals surface area contributed by atoms with E-state index in [1.807, 2.05) is 33.6 Å². The number of nitrogens with one attached hydrogen (secondary N) is 1. The number of rotatable bonds is 7. The number of pyridine rings is 2. The lowest BCUT2D eigenvalue weighted by molar-refractivity contribution is -0.143. The highest BCUT2D eigenvalue weighted by molar-refractivity contribution is 5.81. The fourth-order valence-corrected chi connectivity index (χ4v) is 4.45. The molecule has 5 heterocycles. The fourth-order valence-electron chi connectivity index (χ4n) is 4.45. The van der Waals surface area contributed by atoms with Crippen molar-refractivity contribution in [3.63, 3.8) is 0 Å². The Hall–Kier alpha value is -3.53. The molecule has 0 spiro atoms. The number of aromatic nitrogens is 5. The molecule has 1 fully saturated rings. The number of nitrogens with zero attached hydrogens (tertiary/aromatic N) is 5. The molecule has 0 atom stereocenters. The minimum atomic E-state index is -4.34. The lowest BCUT2D eigenvalue weighted by Gasteiger charge is -2.22. The second kappa shape index (κ2) is 9.61. The van der Waals surface area contributed by atoms with Crippen LogP contribution in [-0.4, -0.2) is 49.2 Å². The summed E-state index contributed by atoms with van der Waals surface area (Å²) >= 11 is 0. The highest BCUT2D eigenvalue weighted by Crippen LogP contribution is 2.27. The first-order chi connectivity index (χ1) is 16.9. The molecule has 0 aliphatic carbocycles. The molecule has 7 nitrogen and oxygen atoms in total. The Morgan fingerprint density at radius 1 is 1.06 bits per heavy atom.